The zero-order valence-corrected chi connectivity index (χ0v) is 20.9. The van der Waals surface area contributed by atoms with Crippen molar-refractivity contribution in [2.45, 2.75) is 105 Å². The van der Waals surface area contributed by atoms with E-state index in [9.17, 15) is 0 Å². The second-order valence-electron chi connectivity index (χ2n) is 10.6. The average molecular weight is 405 g/mol. The third kappa shape index (κ3) is 3.88. The summed E-state index contributed by atoms with van der Waals surface area (Å²) in [5, 5.41) is 0. The number of aryl methyl sites for hydroxylation is 1. The largest absolute Gasteiger partial charge is 0.0651 e. The number of hydrogen-bond donors (Lipinski definition) is 0. The highest BCUT2D eigenvalue weighted by Gasteiger charge is 2.45. The molecule has 2 aromatic rings. The van der Waals surface area contributed by atoms with Gasteiger partial charge in [-0.25, -0.2) is 0 Å². The van der Waals surface area contributed by atoms with E-state index in [0.29, 0.717) is 0 Å². The Morgan fingerprint density at radius 2 is 1.27 bits per heavy atom. The molecule has 30 heavy (non-hydrogen) atoms. The van der Waals surface area contributed by atoms with E-state index in [4.69, 9.17) is 0 Å². The van der Waals surface area contributed by atoms with Crippen LogP contribution in [0.25, 0.3) is 11.1 Å². The van der Waals surface area contributed by atoms with Gasteiger partial charge in [0.15, 0.2) is 0 Å². The fourth-order valence-electron chi connectivity index (χ4n) is 5.64. The first-order valence-corrected chi connectivity index (χ1v) is 12.5. The predicted molar refractivity (Wildman–Crippen MR) is 133 cm³/mol. The SMILES string of the molecule is CCC(C)CC1(CC(C)CC)c2cc(C)ccc2-c2ccc(C(C)(CC)CC)cc21. The molecule has 1 aliphatic carbocycles. The minimum absolute atomic E-state index is 0.153. The Bertz CT molecular complexity index is 856. The van der Waals surface area contributed by atoms with Gasteiger partial charge in [0.05, 0.1) is 0 Å². The average Bonchev–Trinajstić information content (AvgIpc) is 3.01. The summed E-state index contributed by atoms with van der Waals surface area (Å²) in [6.45, 7) is 19.0. The molecule has 0 bridgehead atoms. The fraction of sp³-hybridized carbons (Fsp3) is 0.600. The van der Waals surface area contributed by atoms with Gasteiger partial charge in [-0.1, -0.05) is 103 Å². The molecular weight excluding hydrogens is 360 g/mol. The summed E-state index contributed by atoms with van der Waals surface area (Å²) in [5.74, 6) is 1.45. The summed E-state index contributed by atoms with van der Waals surface area (Å²) in [4.78, 5) is 0. The van der Waals surface area contributed by atoms with Crippen molar-refractivity contribution < 1.29 is 0 Å². The minimum Gasteiger partial charge on any atom is -0.0651 e. The summed E-state index contributed by atoms with van der Waals surface area (Å²) < 4.78 is 0. The van der Waals surface area contributed by atoms with Gasteiger partial charge in [0, 0.05) is 5.41 Å². The van der Waals surface area contributed by atoms with E-state index in [1.807, 2.05) is 0 Å². The Labute approximate surface area is 186 Å². The molecule has 0 heteroatoms. The predicted octanol–water partition coefficient (Wildman–Crippen LogP) is 9.21. The van der Waals surface area contributed by atoms with Crippen molar-refractivity contribution in [1.82, 2.24) is 0 Å². The lowest BCUT2D eigenvalue weighted by Crippen LogP contribution is -2.31. The second kappa shape index (κ2) is 8.89. The van der Waals surface area contributed by atoms with Crippen LogP contribution in [0.15, 0.2) is 36.4 Å². The molecule has 2 atom stereocenters. The van der Waals surface area contributed by atoms with Crippen LogP contribution in [0.2, 0.25) is 0 Å². The molecule has 0 amide bonds. The summed E-state index contributed by atoms with van der Waals surface area (Å²) in [5.41, 5.74) is 9.55. The Kier molecular flexibility index (Phi) is 6.85. The molecule has 3 rings (SSSR count). The normalized spacial score (nSPS) is 20.0. The van der Waals surface area contributed by atoms with Gasteiger partial charge in [-0.15, -0.1) is 0 Å². The van der Waals surface area contributed by atoms with Crippen molar-refractivity contribution in [2.24, 2.45) is 11.8 Å². The van der Waals surface area contributed by atoms with Crippen molar-refractivity contribution in [2.75, 3.05) is 0 Å². The standard InChI is InChI=1S/C30H44/c1-9-21(5)19-30(20-22(6)10-2)27-17-23(7)13-15-25(27)26-16-14-24(18-28(26)30)29(8,11-3)12-4/h13-18,21-22H,9-12,19-20H2,1-8H3. The highest BCUT2D eigenvalue weighted by atomic mass is 14.5. The molecule has 0 saturated heterocycles. The topological polar surface area (TPSA) is 0 Å². The van der Waals surface area contributed by atoms with Gasteiger partial charge in [-0.05, 0) is 77.7 Å². The van der Waals surface area contributed by atoms with E-state index < -0.39 is 0 Å². The molecule has 0 aliphatic heterocycles. The molecule has 0 fully saturated rings. The number of benzene rings is 2. The lowest BCUT2D eigenvalue weighted by atomic mass is 9.65. The molecule has 0 nitrogen and oxygen atoms in total. The van der Waals surface area contributed by atoms with E-state index in [1.54, 1.807) is 11.1 Å². The van der Waals surface area contributed by atoms with Crippen LogP contribution >= 0.6 is 0 Å². The maximum Gasteiger partial charge on any atom is 0.0220 e. The number of rotatable bonds is 9. The smallest absolute Gasteiger partial charge is 0.0220 e. The Hall–Kier alpha value is -1.56. The van der Waals surface area contributed by atoms with Crippen molar-refractivity contribution in [3.63, 3.8) is 0 Å². The van der Waals surface area contributed by atoms with Gasteiger partial charge < -0.3 is 0 Å². The van der Waals surface area contributed by atoms with Gasteiger partial charge in [0.25, 0.3) is 0 Å². The number of hydrogen-bond acceptors (Lipinski definition) is 0. The Balaban J connectivity index is 2.30. The van der Waals surface area contributed by atoms with Gasteiger partial charge in [0.2, 0.25) is 0 Å². The second-order valence-corrected chi connectivity index (χ2v) is 10.6. The van der Waals surface area contributed by atoms with Crippen LogP contribution in [0.1, 0.15) is 109 Å². The molecule has 164 valence electrons. The first-order valence-electron chi connectivity index (χ1n) is 12.5. The lowest BCUT2D eigenvalue weighted by molar-refractivity contribution is 0.307. The van der Waals surface area contributed by atoms with E-state index >= 15 is 0 Å². The van der Waals surface area contributed by atoms with Gasteiger partial charge in [0.1, 0.15) is 0 Å². The molecule has 0 aromatic heterocycles. The first kappa shape index (κ1) is 23.1. The highest BCUT2D eigenvalue weighted by molar-refractivity contribution is 5.82. The lowest BCUT2D eigenvalue weighted by Gasteiger charge is -2.38. The fourth-order valence-corrected chi connectivity index (χ4v) is 5.64. The van der Waals surface area contributed by atoms with Gasteiger partial charge in [-0.3, -0.25) is 0 Å². The molecular formula is C30H44. The quantitative estimate of drug-likeness (QED) is 0.390. The van der Waals surface area contributed by atoms with Crippen molar-refractivity contribution in [3.05, 3.63) is 58.7 Å². The van der Waals surface area contributed by atoms with Crippen LogP contribution in [0, 0.1) is 18.8 Å². The van der Waals surface area contributed by atoms with Crippen LogP contribution in [-0.4, -0.2) is 0 Å². The highest BCUT2D eigenvalue weighted by Crippen LogP contribution is 2.56. The molecule has 2 aromatic carbocycles. The molecule has 0 heterocycles. The van der Waals surface area contributed by atoms with Crippen molar-refractivity contribution in [1.29, 1.82) is 0 Å². The van der Waals surface area contributed by atoms with Crippen molar-refractivity contribution in [3.8, 4) is 11.1 Å². The molecule has 0 N–H and O–H groups in total. The van der Waals surface area contributed by atoms with Crippen LogP contribution in [0.3, 0.4) is 0 Å². The molecule has 0 radical (unpaired) electrons. The van der Waals surface area contributed by atoms with Crippen molar-refractivity contribution >= 4 is 0 Å². The maximum atomic E-state index is 2.63. The molecule has 1 aliphatic rings. The minimum atomic E-state index is 0.153. The van der Waals surface area contributed by atoms with E-state index in [0.717, 1.165) is 11.8 Å². The van der Waals surface area contributed by atoms with Crippen LogP contribution in [0.4, 0.5) is 0 Å². The molecule has 0 saturated carbocycles. The van der Waals surface area contributed by atoms with E-state index in [2.05, 4.69) is 91.8 Å². The van der Waals surface area contributed by atoms with E-state index in [1.165, 1.54) is 60.8 Å². The van der Waals surface area contributed by atoms with Crippen LogP contribution < -0.4 is 0 Å². The third-order valence-electron chi connectivity index (χ3n) is 8.56. The third-order valence-corrected chi connectivity index (χ3v) is 8.56. The zero-order valence-electron chi connectivity index (χ0n) is 20.9. The van der Waals surface area contributed by atoms with Crippen LogP contribution in [0.5, 0.6) is 0 Å². The van der Waals surface area contributed by atoms with Gasteiger partial charge in [-0.2, -0.15) is 0 Å². The summed E-state index contributed by atoms with van der Waals surface area (Å²) in [6.07, 6.45) is 7.40. The molecule has 2 unspecified atom stereocenters. The van der Waals surface area contributed by atoms with Gasteiger partial charge >= 0.3 is 0 Å². The summed E-state index contributed by atoms with van der Waals surface area (Å²) in [6, 6.07) is 14.7. The van der Waals surface area contributed by atoms with Crippen LogP contribution in [-0.2, 0) is 10.8 Å². The number of fused-ring (bicyclic) bond motifs is 3. The molecule has 0 spiro atoms. The van der Waals surface area contributed by atoms with E-state index in [-0.39, 0.29) is 10.8 Å². The zero-order chi connectivity index (χ0) is 22.1. The first-order chi connectivity index (χ1) is 14.2. The summed E-state index contributed by atoms with van der Waals surface area (Å²) in [7, 11) is 0. The maximum absolute atomic E-state index is 2.63. The summed E-state index contributed by atoms with van der Waals surface area (Å²) >= 11 is 0. The Morgan fingerprint density at radius 1 is 0.767 bits per heavy atom. The Morgan fingerprint density at radius 3 is 1.77 bits per heavy atom. The monoisotopic (exact) mass is 404 g/mol.